The third-order valence-electron chi connectivity index (χ3n) is 4.94. The number of hydrogen-bond acceptors (Lipinski definition) is 6. The number of benzene rings is 1. The number of carbonyl (C=O) groups is 1. The van der Waals surface area contributed by atoms with Crippen LogP contribution in [-0.4, -0.2) is 31.2 Å². The van der Waals surface area contributed by atoms with Gasteiger partial charge in [0.25, 0.3) is 10.0 Å². The number of ether oxygens (including phenoxy) is 1. The number of methoxy groups -OCH3 is 1. The molecule has 0 bridgehead atoms. The molecule has 2 heterocycles. The molecule has 7 nitrogen and oxygen atoms in total. The fourth-order valence-electron chi connectivity index (χ4n) is 3.34. The number of rotatable bonds is 6. The standard InChI is InChI=1S/C23H29N3O4S2/c1-15(2)19-13-18(20(31-19)32(28,29)25-22(27)30-6)17-9-7-16(8-10-17)14-26-12-11-24-21(26)23(3,4)5/h7-13,15H,14H2,1-6H3,(H,25,27). The van der Waals surface area contributed by atoms with Gasteiger partial charge in [0.05, 0.1) is 7.11 Å². The fraction of sp³-hybridized carbons (Fsp3) is 0.391. The summed E-state index contributed by atoms with van der Waals surface area (Å²) in [4.78, 5) is 17.0. The molecule has 0 unspecified atom stereocenters. The van der Waals surface area contributed by atoms with Crippen LogP contribution in [0.3, 0.4) is 0 Å². The normalized spacial score (nSPS) is 12.2. The van der Waals surface area contributed by atoms with Gasteiger partial charge in [0.1, 0.15) is 10.0 Å². The molecule has 0 atom stereocenters. The molecule has 1 amide bonds. The number of nitrogens with zero attached hydrogens (tertiary/aromatic N) is 2. The summed E-state index contributed by atoms with van der Waals surface area (Å²) in [7, 11) is -2.93. The Balaban J connectivity index is 1.95. The van der Waals surface area contributed by atoms with Gasteiger partial charge in [0.2, 0.25) is 0 Å². The van der Waals surface area contributed by atoms with Crippen molar-refractivity contribution in [2.45, 2.75) is 56.7 Å². The maximum absolute atomic E-state index is 12.8. The second-order valence-electron chi connectivity index (χ2n) is 8.93. The Morgan fingerprint density at radius 3 is 2.44 bits per heavy atom. The van der Waals surface area contributed by atoms with E-state index in [0.29, 0.717) is 12.1 Å². The number of nitrogens with one attached hydrogen (secondary N) is 1. The van der Waals surface area contributed by atoms with Gasteiger partial charge in [0.15, 0.2) is 0 Å². The van der Waals surface area contributed by atoms with E-state index in [1.54, 1.807) is 6.20 Å². The van der Waals surface area contributed by atoms with Crippen LogP contribution in [0.2, 0.25) is 0 Å². The van der Waals surface area contributed by atoms with Gasteiger partial charge in [-0.15, -0.1) is 11.3 Å². The number of imidazole rings is 1. The summed E-state index contributed by atoms with van der Waals surface area (Å²) in [6.07, 6.45) is 2.76. The highest BCUT2D eigenvalue weighted by Gasteiger charge is 2.26. The zero-order valence-corrected chi connectivity index (χ0v) is 20.8. The molecule has 32 heavy (non-hydrogen) atoms. The van der Waals surface area contributed by atoms with Crippen molar-refractivity contribution in [1.29, 1.82) is 0 Å². The van der Waals surface area contributed by atoms with E-state index in [4.69, 9.17) is 0 Å². The number of carbonyl (C=O) groups excluding carboxylic acids is 1. The lowest BCUT2D eigenvalue weighted by Crippen LogP contribution is -2.30. The van der Waals surface area contributed by atoms with Crippen LogP contribution < -0.4 is 4.72 Å². The summed E-state index contributed by atoms with van der Waals surface area (Å²) >= 11 is 1.16. The van der Waals surface area contributed by atoms with Crippen molar-refractivity contribution in [3.63, 3.8) is 0 Å². The third-order valence-corrected chi connectivity index (χ3v) is 8.22. The van der Waals surface area contributed by atoms with E-state index in [1.165, 1.54) is 0 Å². The maximum Gasteiger partial charge on any atom is 0.420 e. The minimum absolute atomic E-state index is 0.0662. The molecule has 172 valence electrons. The van der Waals surface area contributed by atoms with Crippen LogP contribution in [0.25, 0.3) is 11.1 Å². The van der Waals surface area contributed by atoms with E-state index in [1.807, 2.05) is 55.1 Å². The molecule has 0 aliphatic carbocycles. The van der Waals surface area contributed by atoms with E-state index >= 15 is 0 Å². The first-order chi connectivity index (χ1) is 14.9. The topological polar surface area (TPSA) is 90.3 Å². The molecule has 0 fully saturated rings. The first-order valence-corrected chi connectivity index (χ1v) is 12.6. The third kappa shape index (κ3) is 5.21. The Morgan fingerprint density at radius 2 is 1.88 bits per heavy atom. The van der Waals surface area contributed by atoms with Gasteiger partial charge in [-0.3, -0.25) is 0 Å². The predicted octanol–water partition coefficient (Wildman–Crippen LogP) is 5.13. The molecule has 0 saturated carbocycles. The first-order valence-electron chi connectivity index (χ1n) is 10.3. The molecule has 9 heteroatoms. The minimum Gasteiger partial charge on any atom is -0.452 e. The van der Waals surface area contributed by atoms with Crippen LogP contribution in [0.1, 0.15) is 56.8 Å². The number of hydrogen-bond donors (Lipinski definition) is 1. The number of amides is 1. The fourth-order valence-corrected chi connectivity index (χ4v) is 5.97. The highest BCUT2D eigenvalue weighted by atomic mass is 32.2. The quantitative estimate of drug-likeness (QED) is 0.534. The lowest BCUT2D eigenvalue weighted by Gasteiger charge is -2.20. The molecule has 0 aliphatic heterocycles. The minimum atomic E-state index is -4.05. The van der Waals surface area contributed by atoms with Gasteiger partial charge in [-0.1, -0.05) is 58.9 Å². The van der Waals surface area contributed by atoms with Gasteiger partial charge in [-0.05, 0) is 23.1 Å². The number of sulfonamides is 1. The van der Waals surface area contributed by atoms with Crippen molar-refractivity contribution in [3.05, 3.63) is 59.0 Å². The Hall–Kier alpha value is -2.65. The van der Waals surface area contributed by atoms with Gasteiger partial charge >= 0.3 is 6.09 Å². The Kier molecular flexibility index (Phi) is 6.80. The average molecular weight is 476 g/mol. The summed E-state index contributed by atoms with van der Waals surface area (Å²) in [6.45, 7) is 11.1. The highest BCUT2D eigenvalue weighted by molar-refractivity contribution is 7.92. The molecule has 1 aromatic carbocycles. The zero-order valence-electron chi connectivity index (χ0n) is 19.2. The zero-order chi connectivity index (χ0) is 23.7. The summed E-state index contributed by atoms with van der Waals surface area (Å²) in [5.41, 5.74) is 2.35. The van der Waals surface area contributed by atoms with E-state index in [2.05, 4.69) is 35.1 Å². The molecule has 2 aromatic heterocycles. The largest absolute Gasteiger partial charge is 0.452 e. The SMILES string of the molecule is COC(=O)NS(=O)(=O)c1sc(C(C)C)cc1-c1ccc(Cn2ccnc2C(C)(C)C)cc1. The second kappa shape index (κ2) is 9.07. The Labute approximate surface area is 193 Å². The van der Waals surface area contributed by atoms with Gasteiger partial charge < -0.3 is 9.30 Å². The number of thiophene rings is 1. The maximum atomic E-state index is 12.8. The summed E-state index contributed by atoms with van der Waals surface area (Å²) in [6, 6.07) is 9.67. The second-order valence-corrected chi connectivity index (χ2v) is 11.9. The summed E-state index contributed by atoms with van der Waals surface area (Å²) < 4.78 is 34.3. The summed E-state index contributed by atoms with van der Waals surface area (Å²) in [5, 5.41) is 0. The lowest BCUT2D eigenvalue weighted by molar-refractivity contribution is 0.177. The van der Waals surface area contributed by atoms with Crippen molar-refractivity contribution in [2.75, 3.05) is 7.11 Å². The van der Waals surface area contributed by atoms with E-state index < -0.39 is 16.1 Å². The van der Waals surface area contributed by atoms with Gasteiger partial charge in [-0.25, -0.2) is 22.9 Å². The van der Waals surface area contributed by atoms with Crippen molar-refractivity contribution >= 4 is 27.5 Å². The smallest absolute Gasteiger partial charge is 0.420 e. The van der Waals surface area contributed by atoms with Crippen LogP contribution in [-0.2, 0) is 26.7 Å². The first kappa shape index (κ1) is 24.0. The van der Waals surface area contributed by atoms with Crippen LogP contribution in [0.4, 0.5) is 4.79 Å². The molecule has 3 aromatic rings. The van der Waals surface area contributed by atoms with Crippen LogP contribution in [0.15, 0.2) is 46.9 Å². The molecule has 0 radical (unpaired) electrons. The van der Waals surface area contributed by atoms with Crippen molar-refractivity contribution in [3.8, 4) is 11.1 Å². The van der Waals surface area contributed by atoms with Crippen LogP contribution in [0.5, 0.6) is 0 Å². The van der Waals surface area contributed by atoms with E-state index in [9.17, 15) is 13.2 Å². The van der Waals surface area contributed by atoms with Gasteiger partial charge in [-0.2, -0.15) is 0 Å². The molecule has 0 spiro atoms. The number of aromatic nitrogens is 2. The van der Waals surface area contributed by atoms with Crippen molar-refractivity contribution in [2.24, 2.45) is 0 Å². The molecule has 1 N–H and O–H groups in total. The predicted molar refractivity (Wildman–Crippen MR) is 127 cm³/mol. The lowest BCUT2D eigenvalue weighted by atomic mass is 9.95. The van der Waals surface area contributed by atoms with Crippen LogP contribution >= 0.6 is 11.3 Å². The average Bonchev–Trinajstić information content (AvgIpc) is 3.35. The van der Waals surface area contributed by atoms with E-state index in [0.717, 1.165) is 40.3 Å². The molecule has 3 rings (SSSR count). The Bertz CT molecular complexity index is 1200. The van der Waals surface area contributed by atoms with Crippen molar-refractivity contribution < 1.29 is 17.9 Å². The molecule has 0 aliphatic rings. The monoisotopic (exact) mass is 475 g/mol. The summed E-state index contributed by atoms with van der Waals surface area (Å²) in [5.74, 6) is 1.15. The molecule has 0 saturated heterocycles. The van der Waals surface area contributed by atoms with Gasteiger partial charge in [0, 0.05) is 34.8 Å². The molecular weight excluding hydrogens is 446 g/mol. The Morgan fingerprint density at radius 1 is 1.22 bits per heavy atom. The highest BCUT2D eigenvalue weighted by Crippen LogP contribution is 2.38. The van der Waals surface area contributed by atoms with Crippen LogP contribution in [0, 0.1) is 0 Å². The van der Waals surface area contributed by atoms with Crippen molar-refractivity contribution in [1.82, 2.24) is 14.3 Å². The molecular formula is C23H29N3O4S2. The van der Waals surface area contributed by atoms with E-state index in [-0.39, 0.29) is 15.5 Å².